The van der Waals surface area contributed by atoms with E-state index in [-0.39, 0.29) is 5.91 Å². The summed E-state index contributed by atoms with van der Waals surface area (Å²) in [5.41, 5.74) is 1.91. The van der Waals surface area contributed by atoms with Gasteiger partial charge in [0.15, 0.2) is 0 Å². The Bertz CT molecular complexity index is 610. The molecule has 0 aromatic carbocycles. The van der Waals surface area contributed by atoms with Crippen LogP contribution < -0.4 is 5.32 Å². The number of amides is 1. The van der Waals surface area contributed by atoms with E-state index in [1.165, 1.54) is 0 Å². The van der Waals surface area contributed by atoms with Crippen molar-refractivity contribution >= 4 is 23.2 Å². The number of methoxy groups -OCH3 is 1. The molecule has 0 aliphatic heterocycles. The predicted octanol–water partition coefficient (Wildman–Crippen LogP) is 2.74. The second-order valence-corrected chi connectivity index (χ2v) is 4.69. The first-order valence-corrected chi connectivity index (χ1v) is 6.58. The highest BCUT2D eigenvalue weighted by Gasteiger charge is 2.12. The first-order chi connectivity index (χ1) is 9.61. The Hall–Kier alpha value is -1.85. The third-order valence-electron chi connectivity index (χ3n) is 2.90. The zero-order valence-electron chi connectivity index (χ0n) is 11.4. The molecule has 0 saturated carbocycles. The molecule has 5 nitrogen and oxygen atoms in total. The molecule has 0 fully saturated rings. The Morgan fingerprint density at radius 2 is 2.25 bits per heavy atom. The molecule has 0 spiro atoms. The van der Waals surface area contributed by atoms with Crippen molar-refractivity contribution in [3.8, 4) is 0 Å². The van der Waals surface area contributed by atoms with Gasteiger partial charge in [0.1, 0.15) is 10.8 Å². The Labute approximate surface area is 122 Å². The molecule has 0 bridgehead atoms. The molecule has 2 heterocycles. The lowest BCUT2D eigenvalue weighted by atomic mass is 10.3. The fraction of sp³-hybridized carbons (Fsp3) is 0.286. The number of rotatable bonds is 5. The van der Waals surface area contributed by atoms with Crippen molar-refractivity contribution in [3.05, 3.63) is 47.0 Å². The van der Waals surface area contributed by atoms with E-state index >= 15 is 0 Å². The van der Waals surface area contributed by atoms with Crippen LogP contribution in [-0.2, 0) is 11.3 Å². The SMILES string of the molecule is COCCn1cccc1C(=O)Nc1ccc(Cl)nc1C. The number of hydrogen-bond donors (Lipinski definition) is 1. The van der Waals surface area contributed by atoms with Crippen LogP contribution in [0.25, 0.3) is 0 Å². The average Bonchev–Trinajstić information content (AvgIpc) is 2.88. The fourth-order valence-corrected chi connectivity index (χ4v) is 2.04. The molecule has 0 unspecified atom stereocenters. The van der Waals surface area contributed by atoms with E-state index in [9.17, 15) is 4.79 Å². The number of carbonyl (C=O) groups excluding carboxylic acids is 1. The summed E-state index contributed by atoms with van der Waals surface area (Å²) in [6.07, 6.45) is 1.85. The lowest BCUT2D eigenvalue weighted by molar-refractivity contribution is 0.101. The summed E-state index contributed by atoms with van der Waals surface area (Å²) in [6.45, 7) is 2.98. The van der Waals surface area contributed by atoms with Gasteiger partial charge in [0, 0.05) is 19.9 Å². The van der Waals surface area contributed by atoms with E-state index < -0.39 is 0 Å². The molecule has 0 radical (unpaired) electrons. The number of carbonyl (C=O) groups is 1. The number of ether oxygens (including phenoxy) is 1. The lowest BCUT2D eigenvalue weighted by Crippen LogP contribution is -2.18. The summed E-state index contributed by atoms with van der Waals surface area (Å²) in [5.74, 6) is -0.182. The van der Waals surface area contributed by atoms with Gasteiger partial charge in [-0.3, -0.25) is 4.79 Å². The van der Waals surface area contributed by atoms with Crippen molar-refractivity contribution in [2.75, 3.05) is 19.0 Å². The van der Waals surface area contributed by atoms with Crippen LogP contribution in [0, 0.1) is 6.92 Å². The molecule has 0 aliphatic rings. The van der Waals surface area contributed by atoms with Gasteiger partial charge in [-0.1, -0.05) is 11.6 Å². The highest BCUT2D eigenvalue weighted by atomic mass is 35.5. The quantitative estimate of drug-likeness (QED) is 0.863. The molecule has 1 N–H and O–H groups in total. The van der Waals surface area contributed by atoms with Crippen LogP contribution in [0.2, 0.25) is 5.15 Å². The first kappa shape index (κ1) is 14.6. The monoisotopic (exact) mass is 293 g/mol. The van der Waals surface area contributed by atoms with Crippen molar-refractivity contribution in [3.63, 3.8) is 0 Å². The largest absolute Gasteiger partial charge is 0.383 e. The molecule has 1 amide bonds. The standard InChI is InChI=1S/C14H16ClN3O2/c1-10-11(5-6-13(15)16-10)17-14(19)12-4-3-7-18(12)8-9-20-2/h3-7H,8-9H2,1-2H3,(H,17,19). The second kappa shape index (κ2) is 6.54. The minimum atomic E-state index is -0.182. The third kappa shape index (κ3) is 3.37. The van der Waals surface area contributed by atoms with Gasteiger partial charge in [-0.05, 0) is 31.2 Å². The zero-order valence-corrected chi connectivity index (χ0v) is 12.1. The van der Waals surface area contributed by atoms with Gasteiger partial charge in [0.2, 0.25) is 0 Å². The maximum Gasteiger partial charge on any atom is 0.272 e. The maximum atomic E-state index is 12.3. The first-order valence-electron chi connectivity index (χ1n) is 6.20. The van der Waals surface area contributed by atoms with Crippen LogP contribution in [-0.4, -0.2) is 29.2 Å². The van der Waals surface area contributed by atoms with E-state index in [1.54, 1.807) is 32.2 Å². The van der Waals surface area contributed by atoms with E-state index in [4.69, 9.17) is 16.3 Å². The molecule has 2 aromatic heterocycles. The minimum Gasteiger partial charge on any atom is -0.383 e. The maximum absolute atomic E-state index is 12.3. The van der Waals surface area contributed by atoms with Crippen LogP contribution in [0.3, 0.4) is 0 Å². The number of halogens is 1. The van der Waals surface area contributed by atoms with Crippen molar-refractivity contribution in [2.24, 2.45) is 0 Å². The number of nitrogens with one attached hydrogen (secondary N) is 1. The Morgan fingerprint density at radius 3 is 2.95 bits per heavy atom. The molecule has 2 aromatic rings. The summed E-state index contributed by atoms with van der Waals surface area (Å²) in [4.78, 5) is 16.4. The topological polar surface area (TPSA) is 56.1 Å². The number of pyridine rings is 1. The molecule has 0 aliphatic carbocycles. The van der Waals surface area contributed by atoms with Gasteiger partial charge < -0.3 is 14.6 Å². The molecular weight excluding hydrogens is 278 g/mol. The van der Waals surface area contributed by atoms with E-state index in [2.05, 4.69) is 10.3 Å². The Morgan fingerprint density at radius 1 is 1.45 bits per heavy atom. The molecule has 0 atom stereocenters. The molecule has 2 rings (SSSR count). The van der Waals surface area contributed by atoms with Gasteiger partial charge in [-0.25, -0.2) is 4.98 Å². The zero-order chi connectivity index (χ0) is 14.5. The smallest absolute Gasteiger partial charge is 0.272 e. The van der Waals surface area contributed by atoms with Crippen molar-refractivity contribution in [1.29, 1.82) is 0 Å². The van der Waals surface area contributed by atoms with Gasteiger partial charge in [0.25, 0.3) is 5.91 Å². The van der Waals surface area contributed by atoms with Gasteiger partial charge in [-0.2, -0.15) is 0 Å². The number of aromatic nitrogens is 2. The normalized spacial score (nSPS) is 10.6. The second-order valence-electron chi connectivity index (χ2n) is 4.30. The van der Waals surface area contributed by atoms with Crippen LogP contribution in [0.1, 0.15) is 16.2 Å². The van der Waals surface area contributed by atoms with Crippen molar-refractivity contribution in [1.82, 2.24) is 9.55 Å². The van der Waals surface area contributed by atoms with Crippen LogP contribution in [0.5, 0.6) is 0 Å². The number of nitrogens with zero attached hydrogens (tertiary/aromatic N) is 2. The van der Waals surface area contributed by atoms with Crippen LogP contribution in [0.4, 0.5) is 5.69 Å². The summed E-state index contributed by atoms with van der Waals surface area (Å²) in [6, 6.07) is 6.99. The summed E-state index contributed by atoms with van der Waals surface area (Å²) in [5, 5.41) is 3.24. The molecule has 20 heavy (non-hydrogen) atoms. The highest BCUT2D eigenvalue weighted by Crippen LogP contribution is 2.17. The predicted molar refractivity (Wildman–Crippen MR) is 78.2 cm³/mol. The van der Waals surface area contributed by atoms with Gasteiger partial charge in [0.05, 0.1) is 18.0 Å². The molecule has 106 valence electrons. The van der Waals surface area contributed by atoms with Crippen molar-refractivity contribution < 1.29 is 9.53 Å². The van der Waals surface area contributed by atoms with E-state index in [1.807, 2.05) is 16.8 Å². The highest BCUT2D eigenvalue weighted by molar-refractivity contribution is 6.29. The molecule has 0 saturated heterocycles. The van der Waals surface area contributed by atoms with Gasteiger partial charge in [-0.15, -0.1) is 0 Å². The third-order valence-corrected chi connectivity index (χ3v) is 3.11. The number of hydrogen-bond acceptors (Lipinski definition) is 3. The summed E-state index contributed by atoms with van der Waals surface area (Å²) >= 11 is 5.79. The van der Waals surface area contributed by atoms with Crippen LogP contribution >= 0.6 is 11.6 Å². The summed E-state index contributed by atoms with van der Waals surface area (Å²) in [7, 11) is 1.63. The number of aryl methyl sites for hydroxylation is 1. The van der Waals surface area contributed by atoms with E-state index in [0.29, 0.717) is 35.4 Å². The molecular formula is C14H16ClN3O2. The summed E-state index contributed by atoms with van der Waals surface area (Å²) < 4.78 is 6.87. The Kier molecular flexibility index (Phi) is 4.76. The average molecular weight is 294 g/mol. The van der Waals surface area contributed by atoms with Crippen molar-refractivity contribution in [2.45, 2.75) is 13.5 Å². The Balaban J connectivity index is 2.14. The number of anilines is 1. The van der Waals surface area contributed by atoms with Crippen LogP contribution in [0.15, 0.2) is 30.5 Å². The van der Waals surface area contributed by atoms with Gasteiger partial charge >= 0.3 is 0 Å². The minimum absolute atomic E-state index is 0.182. The van der Waals surface area contributed by atoms with E-state index in [0.717, 1.165) is 0 Å². The molecule has 6 heteroatoms. The fourth-order valence-electron chi connectivity index (χ4n) is 1.85. The lowest BCUT2D eigenvalue weighted by Gasteiger charge is -2.10.